The van der Waals surface area contributed by atoms with Crippen LogP contribution in [0.2, 0.25) is 0 Å². The van der Waals surface area contributed by atoms with Crippen LogP contribution in [0.5, 0.6) is 0 Å². The maximum absolute atomic E-state index is 3.69. The van der Waals surface area contributed by atoms with E-state index in [1.54, 1.807) is 6.20 Å². The fourth-order valence-electron chi connectivity index (χ4n) is 0.719. The molecule has 74 valence electrons. The van der Waals surface area contributed by atoms with Crippen molar-refractivity contribution in [1.82, 2.24) is 10.2 Å². The van der Waals surface area contributed by atoms with Crippen LogP contribution in [0.4, 0.5) is 0 Å². The van der Waals surface area contributed by atoms with Gasteiger partial charge in [-0.2, -0.15) is 0 Å². The Morgan fingerprint density at radius 3 is 2.62 bits per heavy atom. The molecular formula is C11H20N2. The van der Waals surface area contributed by atoms with Crippen molar-refractivity contribution in [3.05, 3.63) is 36.7 Å². The van der Waals surface area contributed by atoms with Gasteiger partial charge in [0.1, 0.15) is 0 Å². The first kappa shape index (κ1) is 12.0. The van der Waals surface area contributed by atoms with Crippen molar-refractivity contribution < 1.29 is 0 Å². The molecule has 0 aromatic heterocycles. The van der Waals surface area contributed by atoms with Crippen molar-refractivity contribution in [2.24, 2.45) is 0 Å². The molecule has 0 spiro atoms. The number of allylic oxidation sites excluding steroid dienone is 3. The summed E-state index contributed by atoms with van der Waals surface area (Å²) in [6.07, 6.45) is 8.02. The number of hydrogen-bond acceptors (Lipinski definition) is 2. The van der Waals surface area contributed by atoms with Crippen molar-refractivity contribution >= 4 is 0 Å². The van der Waals surface area contributed by atoms with Crippen LogP contribution in [-0.2, 0) is 0 Å². The van der Waals surface area contributed by atoms with Crippen molar-refractivity contribution in [1.29, 1.82) is 0 Å². The fourth-order valence-corrected chi connectivity index (χ4v) is 0.719. The van der Waals surface area contributed by atoms with Crippen LogP contribution < -0.4 is 5.32 Å². The van der Waals surface area contributed by atoms with Crippen LogP contribution in [0.3, 0.4) is 0 Å². The highest BCUT2D eigenvalue weighted by atomic mass is 15.1. The van der Waals surface area contributed by atoms with E-state index in [1.165, 1.54) is 5.70 Å². The van der Waals surface area contributed by atoms with Gasteiger partial charge in [0.25, 0.3) is 0 Å². The normalized spacial score (nSPS) is 14.6. The number of nitrogens with one attached hydrogen (secondary N) is 1. The Hall–Kier alpha value is -1.02. The second-order valence-electron chi connectivity index (χ2n) is 3.06. The Morgan fingerprint density at radius 2 is 2.15 bits per heavy atom. The maximum atomic E-state index is 3.69. The van der Waals surface area contributed by atoms with Crippen LogP contribution in [0.15, 0.2) is 36.7 Å². The third-order valence-electron chi connectivity index (χ3n) is 2.02. The van der Waals surface area contributed by atoms with Crippen molar-refractivity contribution in [2.75, 3.05) is 14.1 Å². The molecule has 0 aliphatic carbocycles. The number of likely N-dealkylation sites (N-methyl/N-ethyl adjacent to an activating group) is 1. The van der Waals surface area contributed by atoms with Crippen molar-refractivity contribution in [2.45, 2.75) is 19.9 Å². The van der Waals surface area contributed by atoms with E-state index in [9.17, 15) is 0 Å². The standard InChI is InChI=1S/C11H20N2/c1-6-13(5)11(3)9-7-8-10(2)12-4/h6-10,12H,1H2,2-5H3/b8-7-,11-9+. The summed E-state index contributed by atoms with van der Waals surface area (Å²) in [5, 5.41) is 3.13. The maximum Gasteiger partial charge on any atom is 0.0221 e. The first-order chi connectivity index (χ1) is 6.11. The first-order valence-corrected chi connectivity index (χ1v) is 4.49. The third-order valence-corrected chi connectivity index (χ3v) is 2.02. The topological polar surface area (TPSA) is 15.3 Å². The number of rotatable bonds is 5. The van der Waals surface area contributed by atoms with E-state index in [1.807, 2.05) is 19.0 Å². The molecule has 0 bridgehead atoms. The lowest BCUT2D eigenvalue weighted by atomic mass is 10.3. The molecule has 0 fully saturated rings. The van der Waals surface area contributed by atoms with Crippen LogP contribution >= 0.6 is 0 Å². The van der Waals surface area contributed by atoms with Crippen LogP contribution in [-0.4, -0.2) is 25.0 Å². The zero-order valence-electron chi connectivity index (χ0n) is 9.04. The molecule has 0 aliphatic rings. The third kappa shape index (κ3) is 5.26. The molecule has 1 unspecified atom stereocenters. The average molecular weight is 180 g/mol. The lowest BCUT2D eigenvalue weighted by Gasteiger charge is -2.12. The molecule has 2 nitrogen and oxygen atoms in total. The minimum Gasteiger partial charge on any atom is -0.355 e. The molecule has 0 rings (SSSR count). The van der Waals surface area contributed by atoms with Gasteiger partial charge in [-0.15, -0.1) is 0 Å². The lowest BCUT2D eigenvalue weighted by molar-refractivity contribution is 0.572. The highest BCUT2D eigenvalue weighted by Gasteiger charge is 1.90. The quantitative estimate of drug-likeness (QED) is 0.652. The molecule has 0 radical (unpaired) electrons. The monoisotopic (exact) mass is 180 g/mol. The Bertz CT molecular complexity index is 204. The summed E-state index contributed by atoms with van der Waals surface area (Å²) >= 11 is 0. The zero-order valence-corrected chi connectivity index (χ0v) is 9.04. The summed E-state index contributed by atoms with van der Waals surface area (Å²) in [6.45, 7) is 7.85. The Kier molecular flexibility index (Phi) is 5.98. The molecule has 0 heterocycles. The number of nitrogens with zero attached hydrogens (tertiary/aromatic N) is 1. The second-order valence-corrected chi connectivity index (χ2v) is 3.06. The summed E-state index contributed by atoms with van der Waals surface area (Å²) in [6, 6.07) is 0.415. The Morgan fingerprint density at radius 1 is 1.54 bits per heavy atom. The lowest BCUT2D eigenvalue weighted by Crippen LogP contribution is -2.17. The van der Waals surface area contributed by atoms with E-state index in [0.29, 0.717) is 6.04 Å². The minimum atomic E-state index is 0.415. The Labute approximate surface area is 81.6 Å². The van der Waals surface area contributed by atoms with Gasteiger partial charge >= 0.3 is 0 Å². The molecule has 0 aliphatic heterocycles. The zero-order chi connectivity index (χ0) is 10.3. The van der Waals surface area contributed by atoms with Gasteiger partial charge in [-0.25, -0.2) is 0 Å². The van der Waals surface area contributed by atoms with Gasteiger partial charge in [-0.05, 0) is 33.2 Å². The van der Waals surface area contributed by atoms with Gasteiger partial charge in [-0.3, -0.25) is 0 Å². The van der Waals surface area contributed by atoms with E-state index in [-0.39, 0.29) is 0 Å². The van der Waals surface area contributed by atoms with E-state index < -0.39 is 0 Å². The second kappa shape index (κ2) is 6.49. The summed E-state index contributed by atoms with van der Waals surface area (Å²) in [4.78, 5) is 1.98. The highest BCUT2D eigenvalue weighted by Crippen LogP contribution is 1.99. The molecule has 2 heteroatoms. The smallest absolute Gasteiger partial charge is 0.0221 e. The van der Waals surface area contributed by atoms with Gasteiger partial charge in [0.2, 0.25) is 0 Å². The molecule has 0 aromatic rings. The van der Waals surface area contributed by atoms with Crippen LogP contribution in [0.1, 0.15) is 13.8 Å². The van der Waals surface area contributed by atoms with Gasteiger partial charge < -0.3 is 10.2 Å². The van der Waals surface area contributed by atoms with Gasteiger partial charge in [0, 0.05) is 18.8 Å². The Balaban J connectivity index is 4.09. The molecule has 13 heavy (non-hydrogen) atoms. The van der Waals surface area contributed by atoms with Crippen LogP contribution in [0, 0.1) is 0 Å². The van der Waals surface area contributed by atoms with Gasteiger partial charge in [0.15, 0.2) is 0 Å². The van der Waals surface area contributed by atoms with Gasteiger partial charge in [0.05, 0.1) is 0 Å². The van der Waals surface area contributed by atoms with Crippen molar-refractivity contribution in [3.63, 3.8) is 0 Å². The molecule has 1 N–H and O–H groups in total. The van der Waals surface area contributed by atoms with E-state index >= 15 is 0 Å². The average Bonchev–Trinajstić information content (AvgIpc) is 2.15. The first-order valence-electron chi connectivity index (χ1n) is 4.49. The summed E-state index contributed by atoms with van der Waals surface area (Å²) in [5.41, 5.74) is 1.18. The largest absolute Gasteiger partial charge is 0.355 e. The highest BCUT2D eigenvalue weighted by molar-refractivity contribution is 5.12. The predicted octanol–water partition coefficient (Wildman–Crippen LogP) is 2.13. The van der Waals surface area contributed by atoms with E-state index in [2.05, 4.69) is 44.0 Å². The van der Waals surface area contributed by atoms with Gasteiger partial charge in [-0.1, -0.05) is 18.7 Å². The minimum absolute atomic E-state index is 0.415. The van der Waals surface area contributed by atoms with Crippen LogP contribution in [0.25, 0.3) is 0 Å². The molecule has 0 saturated heterocycles. The molecule has 0 saturated carbocycles. The fraction of sp³-hybridized carbons (Fsp3) is 0.455. The summed E-state index contributed by atoms with van der Waals surface area (Å²) < 4.78 is 0. The molecular weight excluding hydrogens is 160 g/mol. The predicted molar refractivity (Wildman–Crippen MR) is 59.4 cm³/mol. The van der Waals surface area contributed by atoms with Crippen molar-refractivity contribution in [3.8, 4) is 0 Å². The summed E-state index contributed by atoms with van der Waals surface area (Å²) in [5.74, 6) is 0. The molecule has 0 aromatic carbocycles. The summed E-state index contributed by atoms with van der Waals surface area (Å²) in [7, 11) is 3.93. The van der Waals surface area contributed by atoms with E-state index in [4.69, 9.17) is 0 Å². The SMILES string of the molecule is C=CN(C)/C(C)=C/C=C\C(C)NC. The molecule has 0 amide bonds. The van der Waals surface area contributed by atoms with E-state index in [0.717, 1.165) is 0 Å². The molecule has 1 atom stereocenters. The number of hydrogen-bond donors (Lipinski definition) is 1.